The number of Topliss-reactive ketones (excluding diaryl/α,β-unsaturated/α-hetero) is 1. The van der Waals surface area contributed by atoms with E-state index in [1.54, 1.807) is 12.1 Å². The first kappa shape index (κ1) is 11.8. The molecule has 0 aliphatic heterocycles. The molecule has 1 aliphatic rings. The first-order chi connectivity index (χ1) is 7.89. The van der Waals surface area contributed by atoms with E-state index in [2.05, 4.69) is 13.8 Å². The van der Waals surface area contributed by atoms with Gasteiger partial charge < -0.3 is 5.11 Å². The van der Waals surface area contributed by atoms with Gasteiger partial charge in [-0.1, -0.05) is 26.0 Å². The summed E-state index contributed by atoms with van der Waals surface area (Å²) in [7, 11) is 0. The summed E-state index contributed by atoms with van der Waals surface area (Å²) in [6.45, 7) is 4.31. The summed E-state index contributed by atoms with van der Waals surface area (Å²) < 4.78 is 0. The van der Waals surface area contributed by atoms with Crippen LogP contribution in [0.2, 0.25) is 0 Å². The Morgan fingerprint density at radius 3 is 2.00 bits per heavy atom. The summed E-state index contributed by atoms with van der Waals surface area (Å²) in [6, 6.07) is 6.19. The molecule has 0 amide bonds. The van der Waals surface area contributed by atoms with Crippen molar-refractivity contribution in [2.24, 2.45) is 11.3 Å². The molecule has 1 N–H and O–H groups in total. The molecule has 1 saturated carbocycles. The summed E-state index contributed by atoms with van der Waals surface area (Å²) in [5, 5.41) is 8.76. The summed E-state index contributed by atoms with van der Waals surface area (Å²) in [5.41, 5.74) is 1.12. The smallest absolute Gasteiger partial charge is 0.335 e. The van der Waals surface area contributed by atoms with Gasteiger partial charge in [-0.15, -0.1) is 0 Å². The van der Waals surface area contributed by atoms with Gasteiger partial charge in [0.25, 0.3) is 0 Å². The van der Waals surface area contributed by atoms with Crippen LogP contribution in [0.25, 0.3) is 0 Å². The molecule has 3 heteroatoms. The Bertz CT molecular complexity index is 449. The number of rotatable bonds is 3. The molecule has 0 heterocycles. The van der Waals surface area contributed by atoms with Crippen LogP contribution < -0.4 is 0 Å². The molecule has 0 radical (unpaired) electrons. The number of hydrogen-bond acceptors (Lipinski definition) is 2. The van der Waals surface area contributed by atoms with Gasteiger partial charge in [0, 0.05) is 11.5 Å². The van der Waals surface area contributed by atoms with Gasteiger partial charge in [0.15, 0.2) is 5.78 Å². The molecule has 0 atom stereocenters. The first-order valence-electron chi connectivity index (χ1n) is 5.77. The maximum absolute atomic E-state index is 12.0. The van der Waals surface area contributed by atoms with Crippen LogP contribution >= 0.6 is 0 Å². The Morgan fingerprint density at radius 2 is 1.59 bits per heavy atom. The zero-order chi connectivity index (χ0) is 12.6. The topological polar surface area (TPSA) is 54.4 Å². The van der Waals surface area contributed by atoms with Gasteiger partial charge >= 0.3 is 5.97 Å². The quantitative estimate of drug-likeness (QED) is 0.815. The molecule has 1 fully saturated rings. The molecular formula is C14H16O3. The van der Waals surface area contributed by atoms with Gasteiger partial charge in [-0.2, -0.15) is 0 Å². The normalized spacial score (nSPS) is 18.5. The average molecular weight is 232 g/mol. The fourth-order valence-electron chi connectivity index (χ4n) is 2.47. The molecule has 3 nitrogen and oxygen atoms in total. The molecule has 0 saturated heterocycles. The lowest BCUT2D eigenvalue weighted by Gasteiger charge is -2.41. The van der Waals surface area contributed by atoms with Crippen LogP contribution in [0.4, 0.5) is 0 Å². The second-order valence-corrected chi connectivity index (χ2v) is 5.52. The van der Waals surface area contributed by atoms with Crippen LogP contribution in [0.1, 0.15) is 47.4 Å². The highest BCUT2D eigenvalue weighted by Gasteiger charge is 2.40. The monoisotopic (exact) mass is 232 g/mol. The van der Waals surface area contributed by atoms with Crippen molar-refractivity contribution < 1.29 is 14.7 Å². The van der Waals surface area contributed by atoms with E-state index in [0.29, 0.717) is 5.56 Å². The van der Waals surface area contributed by atoms with E-state index in [4.69, 9.17) is 5.11 Å². The average Bonchev–Trinajstić information content (AvgIpc) is 2.25. The van der Waals surface area contributed by atoms with E-state index >= 15 is 0 Å². The van der Waals surface area contributed by atoms with Gasteiger partial charge in [0.1, 0.15) is 0 Å². The molecule has 1 aliphatic carbocycles. The van der Waals surface area contributed by atoms with Crippen molar-refractivity contribution >= 4 is 11.8 Å². The van der Waals surface area contributed by atoms with Crippen LogP contribution in [0, 0.1) is 11.3 Å². The standard InChI is InChI=1S/C14H16O3/c1-14(2)7-11(8-14)12(15)9-3-5-10(6-4-9)13(16)17/h3-6,11H,7-8H2,1-2H3,(H,16,17). The zero-order valence-corrected chi connectivity index (χ0v) is 10.1. The van der Waals surface area contributed by atoms with E-state index < -0.39 is 5.97 Å². The molecule has 0 aromatic heterocycles. The number of benzene rings is 1. The summed E-state index contributed by atoms with van der Waals surface area (Å²) in [6.07, 6.45) is 1.85. The number of carboxylic acids is 1. The van der Waals surface area contributed by atoms with Crippen molar-refractivity contribution in [3.05, 3.63) is 35.4 Å². The van der Waals surface area contributed by atoms with Gasteiger partial charge in [-0.3, -0.25) is 4.79 Å². The fraction of sp³-hybridized carbons (Fsp3) is 0.429. The molecule has 2 rings (SSSR count). The molecule has 0 bridgehead atoms. The third-order valence-corrected chi connectivity index (χ3v) is 3.39. The van der Waals surface area contributed by atoms with Crippen molar-refractivity contribution in [1.29, 1.82) is 0 Å². The van der Waals surface area contributed by atoms with Crippen molar-refractivity contribution in [3.8, 4) is 0 Å². The minimum absolute atomic E-state index is 0.112. The summed E-state index contributed by atoms with van der Waals surface area (Å²) >= 11 is 0. The SMILES string of the molecule is CC1(C)CC(C(=O)c2ccc(C(=O)O)cc2)C1. The lowest BCUT2D eigenvalue weighted by atomic mass is 9.62. The second kappa shape index (κ2) is 3.99. The number of hydrogen-bond donors (Lipinski definition) is 1. The first-order valence-corrected chi connectivity index (χ1v) is 5.77. The van der Waals surface area contributed by atoms with E-state index in [1.807, 2.05) is 0 Å². The number of carbonyl (C=O) groups is 2. The highest BCUT2D eigenvalue weighted by molar-refractivity contribution is 5.99. The van der Waals surface area contributed by atoms with Crippen LogP contribution in [-0.2, 0) is 0 Å². The zero-order valence-electron chi connectivity index (χ0n) is 10.1. The van der Waals surface area contributed by atoms with Crippen molar-refractivity contribution in [3.63, 3.8) is 0 Å². The van der Waals surface area contributed by atoms with Gasteiger partial charge in [0.05, 0.1) is 5.56 Å². The highest BCUT2D eigenvalue weighted by Crippen LogP contribution is 2.45. The van der Waals surface area contributed by atoms with Crippen molar-refractivity contribution in [2.75, 3.05) is 0 Å². The molecule has 17 heavy (non-hydrogen) atoms. The predicted octanol–water partition coefficient (Wildman–Crippen LogP) is 3.00. The maximum atomic E-state index is 12.0. The Balaban J connectivity index is 2.08. The Morgan fingerprint density at radius 1 is 1.12 bits per heavy atom. The van der Waals surface area contributed by atoms with Gasteiger partial charge in [-0.05, 0) is 30.4 Å². The van der Waals surface area contributed by atoms with Crippen LogP contribution in [0.5, 0.6) is 0 Å². The Kier molecular flexibility index (Phi) is 2.77. The predicted molar refractivity (Wildman–Crippen MR) is 64.2 cm³/mol. The van der Waals surface area contributed by atoms with Crippen LogP contribution in [0.3, 0.4) is 0 Å². The minimum Gasteiger partial charge on any atom is -0.478 e. The lowest BCUT2D eigenvalue weighted by molar-refractivity contribution is 0.0591. The Labute approximate surface area is 100 Å². The largest absolute Gasteiger partial charge is 0.478 e. The molecule has 0 unspecified atom stereocenters. The second-order valence-electron chi connectivity index (χ2n) is 5.52. The van der Waals surface area contributed by atoms with E-state index in [9.17, 15) is 9.59 Å². The summed E-state index contributed by atoms with van der Waals surface area (Å²) in [4.78, 5) is 22.7. The molecule has 90 valence electrons. The molecular weight excluding hydrogens is 216 g/mol. The third kappa shape index (κ3) is 2.38. The Hall–Kier alpha value is -1.64. The van der Waals surface area contributed by atoms with Crippen molar-refractivity contribution in [2.45, 2.75) is 26.7 Å². The number of carboxylic acid groups (broad SMARTS) is 1. The lowest BCUT2D eigenvalue weighted by Crippen LogP contribution is -2.36. The molecule has 0 spiro atoms. The van der Waals surface area contributed by atoms with Crippen LogP contribution in [0.15, 0.2) is 24.3 Å². The number of ketones is 1. The number of carbonyl (C=O) groups excluding carboxylic acids is 1. The van der Waals surface area contributed by atoms with Gasteiger partial charge in [-0.25, -0.2) is 4.79 Å². The van der Waals surface area contributed by atoms with Crippen molar-refractivity contribution in [1.82, 2.24) is 0 Å². The summed E-state index contributed by atoms with van der Waals surface area (Å²) in [5.74, 6) is -0.712. The highest BCUT2D eigenvalue weighted by atomic mass is 16.4. The van der Waals surface area contributed by atoms with Gasteiger partial charge in [0.2, 0.25) is 0 Å². The molecule has 1 aromatic rings. The minimum atomic E-state index is -0.964. The van der Waals surface area contributed by atoms with E-state index in [1.165, 1.54) is 12.1 Å². The van der Waals surface area contributed by atoms with E-state index in [-0.39, 0.29) is 22.7 Å². The third-order valence-electron chi connectivity index (χ3n) is 3.39. The molecule has 1 aromatic carbocycles. The fourth-order valence-corrected chi connectivity index (χ4v) is 2.47. The van der Waals surface area contributed by atoms with E-state index in [0.717, 1.165) is 12.8 Å². The van der Waals surface area contributed by atoms with Crippen LogP contribution in [-0.4, -0.2) is 16.9 Å². The maximum Gasteiger partial charge on any atom is 0.335 e. The number of aromatic carboxylic acids is 1.